The largest absolute Gasteiger partial charge is 0.473 e. The Bertz CT molecular complexity index is 387. The second-order valence-electron chi connectivity index (χ2n) is 5.21. The molecule has 1 aliphatic rings. The van der Waals surface area contributed by atoms with Crippen LogP contribution in [0.4, 0.5) is 5.69 Å². The number of nitrogen functional groups attached to an aromatic ring is 1. The fourth-order valence-electron chi connectivity index (χ4n) is 2.67. The molecule has 3 nitrogen and oxygen atoms in total. The van der Waals surface area contributed by atoms with Gasteiger partial charge in [0.25, 0.3) is 0 Å². The van der Waals surface area contributed by atoms with E-state index in [9.17, 15) is 0 Å². The quantitative estimate of drug-likeness (QED) is 0.879. The van der Waals surface area contributed by atoms with Gasteiger partial charge >= 0.3 is 0 Å². The molecule has 2 N–H and O–H groups in total. The fourth-order valence-corrected chi connectivity index (χ4v) is 2.83. The lowest BCUT2D eigenvalue weighted by Gasteiger charge is -2.31. The van der Waals surface area contributed by atoms with Crippen molar-refractivity contribution in [1.82, 2.24) is 4.98 Å². The van der Waals surface area contributed by atoms with Crippen molar-refractivity contribution in [3.05, 3.63) is 17.3 Å². The average Bonchev–Trinajstić information content (AvgIpc) is 2.21. The standard InChI is InChI=1S/C13H19ClN2O/c1-8-3-9(2)5-11(4-8)17-13-12(15)6-10(14)7-16-13/h6-9,11H,3-5,15H2,1-2H3. The number of nitrogens with two attached hydrogens (primary N) is 1. The Hall–Kier alpha value is -0.960. The molecule has 1 aromatic rings. The molecule has 2 unspecified atom stereocenters. The van der Waals surface area contributed by atoms with Crippen LogP contribution >= 0.6 is 11.6 Å². The summed E-state index contributed by atoms with van der Waals surface area (Å²) in [6.07, 6.45) is 5.24. The van der Waals surface area contributed by atoms with Gasteiger partial charge in [-0.05, 0) is 37.2 Å². The zero-order chi connectivity index (χ0) is 12.4. The summed E-state index contributed by atoms with van der Waals surface area (Å²) >= 11 is 5.81. The summed E-state index contributed by atoms with van der Waals surface area (Å²) < 4.78 is 5.89. The Morgan fingerprint density at radius 2 is 1.94 bits per heavy atom. The molecule has 0 radical (unpaired) electrons. The molecule has 0 bridgehead atoms. The third-order valence-electron chi connectivity index (χ3n) is 3.26. The first-order valence-electron chi connectivity index (χ1n) is 6.12. The van der Waals surface area contributed by atoms with Gasteiger partial charge in [-0.3, -0.25) is 0 Å². The van der Waals surface area contributed by atoms with Gasteiger partial charge in [0.2, 0.25) is 5.88 Å². The Morgan fingerprint density at radius 1 is 1.29 bits per heavy atom. The highest BCUT2D eigenvalue weighted by Crippen LogP contribution is 2.32. The second kappa shape index (κ2) is 5.13. The van der Waals surface area contributed by atoms with Crippen molar-refractivity contribution in [2.45, 2.75) is 39.2 Å². The number of halogens is 1. The summed E-state index contributed by atoms with van der Waals surface area (Å²) in [5.41, 5.74) is 6.35. The molecule has 1 fully saturated rings. The topological polar surface area (TPSA) is 48.1 Å². The zero-order valence-corrected chi connectivity index (χ0v) is 11.1. The highest BCUT2D eigenvalue weighted by atomic mass is 35.5. The van der Waals surface area contributed by atoms with Crippen molar-refractivity contribution >= 4 is 17.3 Å². The van der Waals surface area contributed by atoms with E-state index in [0.717, 1.165) is 12.8 Å². The van der Waals surface area contributed by atoms with Gasteiger partial charge < -0.3 is 10.5 Å². The van der Waals surface area contributed by atoms with Gasteiger partial charge in [-0.15, -0.1) is 0 Å². The van der Waals surface area contributed by atoms with Crippen LogP contribution in [0, 0.1) is 11.8 Å². The van der Waals surface area contributed by atoms with Gasteiger partial charge in [-0.25, -0.2) is 4.98 Å². The summed E-state index contributed by atoms with van der Waals surface area (Å²) in [4.78, 5) is 4.14. The minimum absolute atomic E-state index is 0.227. The molecule has 1 saturated carbocycles. The third-order valence-corrected chi connectivity index (χ3v) is 3.47. The fraction of sp³-hybridized carbons (Fsp3) is 0.615. The molecule has 2 rings (SSSR count). The van der Waals surface area contributed by atoms with Gasteiger partial charge in [-0.2, -0.15) is 0 Å². The Labute approximate surface area is 107 Å². The van der Waals surface area contributed by atoms with Crippen LogP contribution < -0.4 is 10.5 Å². The van der Waals surface area contributed by atoms with Crippen molar-refractivity contribution in [3.8, 4) is 5.88 Å². The van der Waals surface area contributed by atoms with Gasteiger partial charge in [-0.1, -0.05) is 25.4 Å². The molecule has 17 heavy (non-hydrogen) atoms. The number of nitrogens with zero attached hydrogens (tertiary/aromatic N) is 1. The molecule has 2 atom stereocenters. The van der Waals surface area contributed by atoms with E-state index in [1.165, 1.54) is 6.42 Å². The van der Waals surface area contributed by atoms with E-state index in [4.69, 9.17) is 22.1 Å². The van der Waals surface area contributed by atoms with Crippen LogP contribution in [0.3, 0.4) is 0 Å². The van der Waals surface area contributed by atoms with Crippen LogP contribution in [-0.2, 0) is 0 Å². The molecule has 4 heteroatoms. The Balaban J connectivity index is 2.04. The predicted octanol–water partition coefficient (Wildman–Crippen LogP) is 3.52. The van der Waals surface area contributed by atoms with Crippen LogP contribution in [0.1, 0.15) is 33.1 Å². The molecule has 94 valence electrons. The minimum atomic E-state index is 0.227. The maximum atomic E-state index is 5.89. The third kappa shape index (κ3) is 3.25. The lowest BCUT2D eigenvalue weighted by Crippen LogP contribution is -2.29. The summed E-state index contributed by atoms with van der Waals surface area (Å²) in [7, 11) is 0. The first-order chi connectivity index (χ1) is 8.04. The number of anilines is 1. The Morgan fingerprint density at radius 3 is 2.53 bits per heavy atom. The minimum Gasteiger partial charge on any atom is -0.473 e. The molecule has 0 spiro atoms. The van der Waals surface area contributed by atoms with Crippen molar-refractivity contribution in [2.75, 3.05) is 5.73 Å². The molecule has 1 heterocycles. The van der Waals surface area contributed by atoms with Crippen LogP contribution in [0.2, 0.25) is 5.02 Å². The van der Waals surface area contributed by atoms with Gasteiger partial charge in [0.1, 0.15) is 6.10 Å². The number of aromatic nitrogens is 1. The first-order valence-corrected chi connectivity index (χ1v) is 6.50. The lowest BCUT2D eigenvalue weighted by molar-refractivity contribution is 0.0975. The van der Waals surface area contributed by atoms with E-state index in [2.05, 4.69) is 18.8 Å². The van der Waals surface area contributed by atoms with E-state index in [1.807, 2.05) is 0 Å². The number of hydrogen-bond donors (Lipinski definition) is 1. The molecular formula is C13H19ClN2O. The van der Waals surface area contributed by atoms with Crippen LogP contribution in [0.25, 0.3) is 0 Å². The highest BCUT2D eigenvalue weighted by molar-refractivity contribution is 6.30. The first kappa shape index (κ1) is 12.5. The highest BCUT2D eigenvalue weighted by Gasteiger charge is 2.25. The van der Waals surface area contributed by atoms with Crippen molar-refractivity contribution in [3.63, 3.8) is 0 Å². The van der Waals surface area contributed by atoms with E-state index in [-0.39, 0.29) is 6.10 Å². The molecule has 1 aromatic heterocycles. The monoisotopic (exact) mass is 254 g/mol. The number of pyridine rings is 1. The summed E-state index contributed by atoms with van der Waals surface area (Å²) in [6, 6.07) is 1.68. The van der Waals surface area contributed by atoms with Gasteiger partial charge in [0, 0.05) is 6.20 Å². The summed E-state index contributed by atoms with van der Waals surface area (Å²) in [6.45, 7) is 4.54. The zero-order valence-electron chi connectivity index (χ0n) is 10.3. The number of rotatable bonds is 2. The van der Waals surface area contributed by atoms with Gasteiger partial charge in [0.15, 0.2) is 0 Å². The second-order valence-corrected chi connectivity index (χ2v) is 5.64. The van der Waals surface area contributed by atoms with E-state index < -0.39 is 0 Å². The molecular weight excluding hydrogens is 236 g/mol. The number of hydrogen-bond acceptors (Lipinski definition) is 3. The number of ether oxygens (including phenoxy) is 1. The normalized spacial score (nSPS) is 29.0. The smallest absolute Gasteiger partial charge is 0.237 e. The summed E-state index contributed by atoms with van der Waals surface area (Å²) in [5, 5.41) is 0.542. The lowest BCUT2D eigenvalue weighted by atomic mass is 9.82. The van der Waals surface area contributed by atoms with E-state index in [1.54, 1.807) is 12.3 Å². The van der Waals surface area contributed by atoms with Crippen molar-refractivity contribution < 1.29 is 4.74 Å². The molecule has 0 amide bonds. The van der Waals surface area contributed by atoms with Crippen molar-refractivity contribution in [1.29, 1.82) is 0 Å². The Kier molecular flexibility index (Phi) is 3.77. The van der Waals surface area contributed by atoms with Crippen LogP contribution in [0.5, 0.6) is 5.88 Å². The van der Waals surface area contributed by atoms with Crippen LogP contribution in [-0.4, -0.2) is 11.1 Å². The molecule has 0 saturated heterocycles. The molecule has 0 aromatic carbocycles. The predicted molar refractivity (Wildman–Crippen MR) is 70.3 cm³/mol. The molecule has 0 aliphatic heterocycles. The maximum absolute atomic E-state index is 5.89. The maximum Gasteiger partial charge on any atom is 0.237 e. The molecule has 1 aliphatic carbocycles. The average molecular weight is 255 g/mol. The van der Waals surface area contributed by atoms with E-state index in [0.29, 0.717) is 28.4 Å². The van der Waals surface area contributed by atoms with Gasteiger partial charge in [0.05, 0.1) is 10.7 Å². The van der Waals surface area contributed by atoms with Crippen LogP contribution in [0.15, 0.2) is 12.3 Å². The SMILES string of the molecule is CC1CC(C)CC(Oc2ncc(Cl)cc2N)C1. The summed E-state index contributed by atoms with van der Waals surface area (Å²) in [5.74, 6) is 1.93. The van der Waals surface area contributed by atoms with E-state index >= 15 is 0 Å². The van der Waals surface area contributed by atoms with Crippen molar-refractivity contribution in [2.24, 2.45) is 11.8 Å².